The van der Waals surface area contributed by atoms with Gasteiger partial charge < -0.3 is 15.0 Å². The van der Waals surface area contributed by atoms with Gasteiger partial charge in [-0.3, -0.25) is 0 Å². The topological polar surface area (TPSA) is 41.6 Å². The van der Waals surface area contributed by atoms with Gasteiger partial charge in [0.1, 0.15) is 11.8 Å². The predicted molar refractivity (Wildman–Crippen MR) is 79.8 cm³/mol. The molecule has 2 rings (SSSR count). The molecule has 1 heterocycles. The van der Waals surface area contributed by atoms with Crippen molar-refractivity contribution in [3.63, 3.8) is 0 Å². The average molecular weight is 294 g/mol. The summed E-state index contributed by atoms with van der Waals surface area (Å²) in [6, 6.07) is 9.47. The van der Waals surface area contributed by atoms with Gasteiger partial charge in [-0.2, -0.15) is 0 Å². The summed E-state index contributed by atoms with van der Waals surface area (Å²) in [6.07, 6.45) is -1.52. The molecule has 1 amide bonds. The van der Waals surface area contributed by atoms with E-state index in [0.717, 1.165) is 5.56 Å². The molecule has 0 aromatic heterocycles. The molecule has 0 saturated carbocycles. The molecule has 1 N–H and O–H groups in total. The Morgan fingerprint density at radius 1 is 1.33 bits per heavy atom. The lowest BCUT2D eigenvalue weighted by atomic mass is 10.2. The highest BCUT2D eigenvalue weighted by molar-refractivity contribution is 5.68. The van der Waals surface area contributed by atoms with Gasteiger partial charge in [0, 0.05) is 13.1 Å². The number of carbonyl (C=O) groups excluding carboxylic acids is 1. The zero-order chi connectivity index (χ0) is 15.5. The van der Waals surface area contributed by atoms with Crippen LogP contribution in [0, 0.1) is 0 Å². The second-order valence-electron chi connectivity index (χ2n) is 6.37. The number of nitrogens with one attached hydrogen (secondary N) is 1. The van der Waals surface area contributed by atoms with Crippen molar-refractivity contribution < 1.29 is 13.9 Å². The van der Waals surface area contributed by atoms with Crippen LogP contribution in [0.15, 0.2) is 30.3 Å². The Morgan fingerprint density at radius 3 is 2.62 bits per heavy atom. The number of ether oxygens (including phenoxy) is 1. The third kappa shape index (κ3) is 4.70. The number of benzene rings is 1. The van der Waals surface area contributed by atoms with Crippen molar-refractivity contribution in [1.29, 1.82) is 0 Å². The Balaban J connectivity index is 1.85. The molecule has 21 heavy (non-hydrogen) atoms. The summed E-state index contributed by atoms with van der Waals surface area (Å²) in [6.45, 7) is 6.43. The van der Waals surface area contributed by atoms with E-state index < -0.39 is 17.9 Å². The molecule has 0 spiro atoms. The summed E-state index contributed by atoms with van der Waals surface area (Å²) in [4.78, 5) is 13.4. The van der Waals surface area contributed by atoms with Crippen LogP contribution in [0.25, 0.3) is 0 Å². The summed E-state index contributed by atoms with van der Waals surface area (Å²) in [5.41, 5.74) is 0.541. The van der Waals surface area contributed by atoms with Gasteiger partial charge in [0.15, 0.2) is 0 Å². The smallest absolute Gasteiger partial charge is 0.410 e. The molecule has 5 heteroatoms. The molecule has 1 aliphatic rings. The van der Waals surface area contributed by atoms with Crippen LogP contribution in [-0.4, -0.2) is 41.9 Å². The molecule has 0 radical (unpaired) electrons. The fraction of sp³-hybridized carbons (Fsp3) is 0.562. The zero-order valence-corrected chi connectivity index (χ0v) is 12.8. The first-order valence-corrected chi connectivity index (χ1v) is 7.24. The summed E-state index contributed by atoms with van der Waals surface area (Å²) in [7, 11) is 0. The molecule has 1 fully saturated rings. The normalized spacial score (nSPS) is 22.4. The first-order chi connectivity index (χ1) is 9.85. The third-order valence-electron chi connectivity index (χ3n) is 3.31. The monoisotopic (exact) mass is 294 g/mol. The SMILES string of the molecule is CC(C)(C)OC(=O)N1CC(F)C(NCc2ccccc2)C1. The van der Waals surface area contributed by atoms with Gasteiger partial charge in [-0.1, -0.05) is 30.3 Å². The highest BCUT2D eigenvalue weighted by Crippen LogP contribution is 2.18. The number of alkyl halides is 1. The molecular formula is C16H23FN2O2. The van der Waals surface area contributed by atoms with E-state index in [2.05, 4.69) is 5.32 Å². The number of amides is 1. The van der Waals surface area contributed by atoms with E-state index in [4.69, 9.17) is 4.74 Å². The van der Waals surface area contributed by atoms with Gasteiger partial charge in [0.2, 0.25) is 0 Å². The van der Waals surface area contributed by atoms with E-state index in [1.165, 1.54) is 4.90 Å². The highest BCUT2D eigenvalue weighted by Gasteiger charge is 2.36. The van der Waals surface area contributed by atoms with Crippen LogP contribution in [-0.2, 0) is 11.3 Å². The van der Waals surface area contributed by atoms with Crippen molar-refractivity contribution in [1.82, 2.24) is 10.2 Å². The van der Waals surface area contributed by atoms with Crippen molar-refractivity contribution >= 4 is 6.09 Å². The highest BCUT2D eigenvalue weighted by atomic mass is 19.1. The zero-order valence-electron chi connectivity index (χ0n) is 12.8. The molecule has 1 aromatic rings. The lowest BCUT2D eigenvalue weighted by Crippen LogP contribution is -2.39. The Labute approximate surface area is 125 Å². The van der Waals surface area contributed by atoms with E-state index >= 15 is 0 Å². The van der Waals surface area contributed by atoms with Gasteiger partial charge in [0.25, 0.3) is 0 Å². The summed E-state index contributed by atoms with van der Waals surface area (Å²) in [5.74, 6) is 0. The van der Waals surface area contributed by atoms with E-state index in [-0.39, 0.29) is 12.6 Å². The van der Waals surface area contributed by atoms with Crippen LogP contribution in [0.2, 0.25) is 0 Å². The summed E-state index contributed by atoms with van der Waals surface area (Å²) >= 11 is 0. The molecule has 0 aliphatic carbocycles. The maximum Gasteiger partial charge on any atom is 0.410 e. The van der Waals surface area contributed by atoms with Gasteiger partial charge in [0.05, 0.1) is 12.6 Å². The van der Waals surface area contributed by atoms with E-state index in [0.29, 0.717) is 13.1 Å². The third-order valence-corrected chi connectivity index (χ3v) is 3.31. The minimum atomic E-state index is -1.07. The van der Waals surface area contributed by atoms with Crippen LogP contribution < -0.4 is 5.32 Å². The number of carbonyl (C=O) groups is 1. The van der Waals surface area contributed by atoms with Crippen LogP contribution in [0.5, 0.6) is 0 Å². The lowest BCUT2D eigenvalue weighted by molar-refractivity contribution is 0.0282. The average Bonchev–Trinajstić information content (AvgIpc) is 2.77. The van der Waals surface area contributed by atoms with Crippen LogP contribution in [0.1, 0.15) is 26.3 Å². The van der Waals surface area contributed by atoms with E-state index in [1.807, 2.05) is 30.3 Å². The number of hydrogen-bond acceptors (Lipinski definition) is 3. The summed E-state index contributed by atoms with van der Waals surface area (Å²) in [5, 5.41) is 3.17. The Hall–Kier alpha value is -1.62. The molecule has 4 nitrogen and oxygen atoms in total. The molecule has 1 aromatic carbocycles. The maximum absolute atomic E-state index is 14.0. The minimum Gasteiger partial charge on any atom is -0.444 e. The lowest BCUT2D eigenvalue weighted by Gasteiger charge is -2.24. The second-order valence-corrected chi connectivity index (χ2v) is 6.37. The number of hydrogen-bond donors (Lipinski definition) is 1. The van der Waals surface area contributed by atoms with Gasteiger partial charge in [-0.05, 0) is 26.3 Å². The number of nitrogens with zero attached hydrogens (tertiary/aromatic N) is 1. The predicted octanol–water partition coefficient (Wildman–Crippen LogP) is 2.73. The molecule has 2 unspecified atom stereocenters. The standard InChI is InChI=1S/C16H23FN2O2/c1-16(2,3)21-15(20)19-10-13(17)14(11-19)18-9-12-7-5-4-6-8-12/h4-8,13-14,18H,9-11H2,1-3H3. The van der Waals surface area contributed by atoms with Crippen LogP contribution in [0.3, 0.4) is 0 Å². The molecule has 0 bridgehead atoms. The van der Waals surface area contributed by atoms with Crippen LogP contribution >= 0.6 is 0 Å². The van der Waals surface area contributed by atoms with Crippen molar-refractivity contribution in [2.45, 2.75) is 45.1 Å². The van der Waals surface area contributed by atoms with E-state index in [9.17, 15) is 9.18 Å². The largest absolute Gasteiger partial charge is 0.444 e. The molecular weight excluding hydrogens is 271 g/mol. The van der Waals surface area contributed by atoms with Crippen molar-refractivity contribution in [2.24, 2.45) is 0 Å². The minimum absolute atomic E-state index is 0.0847. The first kappa shape index (κ1) is 15.8. The number of rotatable bonds is 3. The molecule has 1 aliphatic heterocycles. The van der Waals surface area contributed by atoms with Gasteiger partial charge in [-0.25, -0.2) is 9.18 Å². The van der Waals surface area contributed by atoms with Gasteiger partial charge >= 0.3 is 6.09 Å². The van der Waals surface area contributed by atoms with Crippen molar-refractivity contribution in [2.75, 3.05) is 13.1 Å². The Bertz CT molecular complexity index is 473. The fourth-order valence-electron chi connectivity index (χ4n) is 2.28. The van der Waals surface area contributed by atoms with E-state index in [1.54, 1.807) is 20.8 Å². The quantitative estimate of drug-likeness (QED) is 0.932. The summed E-state index contributed by atoms with van der Waals surface area (Å²) < 4.78 is 19.3. The molecule has 1 saturated heterocycles. The molecule has 116 valence electrons. The van der Waals surface area contributed by atoms with Crippen molar-refractivity contribution in [3.8, 4) is 0 Å². The van der Waals surface area contributed by atoms with Gasteiger partial charge in [-0.15, -0.1) is 0 Å². The maximum atomic E-state index is 14.0. The Kier molecular flexibility index (Phi) is 4.83. The van der Waals surface area contributed by atoms with Crippen LogP contribution in [0.4, 0.5) is 9.18 Å². The molecule has 2 atom stereocenters. The number of likely N-dealkylation sites (tertiary alicyclic amines) is 1. The second kappa shape index (κ2) is 6.43. The first-order valence-electron chi connectivity index (χ1n) is 7.24. The van der Waals surface area contributed by atoms with Crippen molar-refractivity contribution in [3.05, 3.63) is 35.9 Å². The Morgan fingerprint density at radius 2 is 2.00 bits per heavy atom. The fourth-order valence-corrected chi connectivity index (χ4v) is 2.28. The number of halogens is 1.